The van der Waals surface area contributed by atoms with E-state index in [4.69, 9.17) is 0 Å². The molecule has 4 rings (SSSR count). The van der Waals surface area contributed by atoms with Crippen molar-refractivity contribution in [3.63, 3.8) is 0 Å². The van der Waals surface area contributed by atoms with Crippen LogP contribution in [0.4, 0.5) is 5.13 Å². The Morgan fingerprint density at radius 3 is 2.56 bits per heavy atom. The predicted octanol–water partition coefficient (Wildman–Crippen LogP) is 5.85. The van der Waals surface area contributed by atoms with Crippen LogP contribution < -0.4 is 5.32 Å². The lowest BCUT2D eigenvalue weighted by molar-refractivity contribution is 0.103. The van der Waals surface area contributed by atoms with Crippen LogP contribution >= 0.6 is 22.7 Å². The third-order valence-electron chi connectivity index (χ3n) is 4.38. The Morgan fingerprint density at radius 2 is 1.81 bits per heavy atom. The predicted molar refractivity (Wildman–Crippen MR) is 114 cm³/mol. The van der Waals surface area contributed by atoms with E-state index in [0.29, 0.717) is 10.0 Å². The number of nitrogens with zero attached hydrogens (tertiary/aromatic N) is 2. The molecule has 2 aromatic carbocycles. The highest BCUT2D eigenvalue weighted by atomic mass is 32.1. The normalized spacial score (nSPS) is 11.1. The molecule has 27 heavy (non-hydrogen) atoms. The van der Waals surface area contributed by atoms with Gasteiger partial charge in [-0.25, -0.2) is 9.97 Å². The van der Waals surface area contributed by atoms with Crippen LogP contribution in [0.2, 0.25) is 0 Å². The number of aromatic nitrogens is 2. The van der Waals surface area contributed by atoms with Gasteiger partial charge in [0.2, 0.25) is 0 Å². The summed E-state index contributed by atoms with van der Waals surface area (Å²) < 4.78 is 1.07. The van der Waals surface area contributed by atoms with E-state index in [0.717, 1.165) is 32.9 Å². The van der Waals surface area contributed by atoms with E-state index in [-0.39, 0.29) is 5.91 Å². The van der Waals surface area contributed by atoms with Gasteiger partial charge >= 0.3 is 0 Å². The second-order valence-electron chi connectivity index (χ2n) is 6.43. The maximum absolute atomic E-state index is 12.7. The maximum atomic E-state index is 12.7. The van der Waals surface area contributed by atoms with Gasteiger partial charge in [-0.15, -0.1) is 11.3 Å². The number of fused-ring (bicyclic) bond motifs is 1. The number of benzene rings is 2. The van der Waals surface area contributed by atoms with E-state index in [2.05, 4.69) is 52.5 Å². The molecule has 0 saturated heterocycles. The van der Waals surface area contributed by atoms with Crippen molar-refractivity contribution < 1.29 is 4.79 Å². The van der Waals surface area contributed by atoms with Gasteiger partial charge < -0.3 is 0 Å². The van der Waals surface area contributed by atoms with Gasteiger partial charge in [0.1, 0.15) is 9.88 Å². The molecule has 4 aromatic rings. The summed E-state index contributed by atoms with van der Waals surface area (Å²) in [7, 11) is 0. The highest BCUT2D eigenvalue weighted by Crippen LogP contribution is 2.31. The van der Waals surface area contributed by atoms with Crippen molar-refractivity contribution >= 4 is 43.9 Å². The number of anilines is 1. The van der Waals surface area contributed by atoms with Crippen molar-refractivity contribution in [2.45, 2.75) is 27.2 Å². The van der Waals surface area contributed by atoms with Gasteiger partial charge in [-0.05, 0) is 43.5 Å². The summed E-state index contributed by atoms with van der Waals surface area (Å²) in [6, 6.07) is 14.4. The molecule has 136 valence electrons. The van der Waals surface area contributed by atoms with E-state index in [1.807, 2.05) is 26.0 Å². The van der Waals surface area contributed by atoms with Crippen LogP contribution in [0.3, 0.4) is 0 Å². The van der Waals surface area contributed by atoms with E-state index < -0.39 is 0 Å². The zero-order chi connectivity index (χ0) is 19.0. The molecule has 0 atom stereocenters. The summed E-state index contributed by atoms with van der Waals surface area (Å²) >= 11 is 2.91. The fourth-order valence-corrected chi connectivity index (χ4v) is 4.78. The lowest BCUT2D eigenvalue weighted by atomic mass is 10.1. The number of nitrogens with one attached hydrogen (secondary N) is 1. The summed E-state index contributed by atoms with van der Waals surface area (Å²) in [5, 5.41) is 4.40. The first kappa shape index (κ1) is 17.8. The number of rotatable bonds is 4. The summed E-state index contributed by atoms with van der Waals surface area (Å²) in [5.74, 6) is -0.155. The Labute approximate surface area is 165 Å². The van der Waals surface area contributed by atoms with E-state index in [1.54, 1.807) is 0 Å². The molecule has 6 heteroatoms. The zero-order valence-corrected chi connectivity index (χ0v) is 17.0. The lowest BCUT2D eigenvalue weighted by Crippen LogP contribution is -2.11. The van der Waals surface area contributed by atoms with Crippen molar-refractivity contribution in [2.24, 2.45) is 0 Å². The maximum Gasteiger partial charge on any atom is 0.269 e. The Hall–Kier alpha value is -2.57. The number of hydrogen-bond acceptors (Lipinski definition) is 5. The highest BCUT2D eigenvalue weighted by molar-refractivity contribution is 7.22. The molecule has 2 aromatic heterocycles. The van der Waals surface area contributed by atoms with Crippen LogP contribution in [0.5, 0.6) is 0 Å². The number of carbonyl (C=O) groups excluding carboxylic acids is 1. The number of carbonyl (C=O) groups is 1. The van der Waals surface area contributed by atoms with Crippen molar-refractivity contribution in [3.05, 3.63) is 64.2 Å². The van der Waals surface area contributed by atoms with Gasteiger partial charge in [0.25, 0.3) is 5.91 Å². The largest absolute Gasteiger partial charge is 0.297 e. The summed E-state index contributed by atoms with van der Waals surface area (Å²) in [6.07, 6.45) is 1.01. The minimum atomic E-state index is -0.155. The molecular weight excluding hydrogens is 374 g/mol. The Kier molecular flexibility index (Phi) is 4.76. The average molecular weight is 394 g/mol. The van der Waals surface area contributed by atoms with Crippen LogP contribution in [0, 0.1) is 13.8 Å². The molecule has 0 spiro atoms. The molecule has 2 heterocycles. The molecule has 0 unspecified atom stereocenters. The number of aryl methyl sites for hydroxylation is 3. The van der Waals surface area contributed by atoms with Crippen LogP contribution in [-0.2, 0) is 6.42 Å². The second-order valence-corrected chi connectivity index (χ2v) is 8.46. The Morgan fingerprint density at radius 1 is 1.04 bits per heavy atom. The highest BCUT2D eigenvalue weighted by Gasteiger charge is 2.18. The minimum absolute atomic E-state index is 0.155. The summed E-state index contributed by atoms with van der Waals surface area (Å²) in [4.78, 5) is 22.5. The van der Waals surface area contributed by atoms with Gasteiger partial charge in [-0.2, -0.15) is 0 Å². The van der Waals surface area contributed by atoms with Crippen molar-refractivity contribution in [3.8, 4) is 10.6 Å². The minimum Gasteiger partial charge on any atom is -0.297 e. The molecule has 0 radical (unpaired) electrons. The molecule has 4 nitrogen and oxygen atoms in total. The molecule has 0 saturated carbocycles. The van der Waals surface area contributed by atoms with Gasteiger partial charge in [0.15, 0.2) is 5.13 Å². The summed E-state index contributed by atoms with van der Waals surface area (Å²) in [5.41, 5.74) is 5.15. The topological polar surface area (TPSA) is 54.9 Å². The molecule has 0 aliphatic rings. The molecule has 0 bridgehead atoms. The molecule has 0 fully saturated rings. The quantitative estimate of drug-likeness (QED) is 0.473. The lowest BCUT2D eigenvalue weighted by Gasteiger charge is -1.99. The van der Waals surface area contributed by atoms with Crippen molar-refractivity contribution in [1.29, 1.82) is 0 Å². The average Bonchev–Trinajstić information content (AvgIpc) is 3.24. The zero-order valence-electron chi connectivity index (χ0n) is 15.4. The fraction of sp³-hybridized carbons (Fsp3) is 0.190. The number of hydrogen-bond donors (Lipinski definition) is 1. The van der Waals surface area contributed by atoms with Crippen LogP contribution in [0.1, 0.15) is 33.4 Å². The van der Waals surface area contributed by atoms with Gasteiger partial charge in [-0.3, -0.25) is 10.1 Å². The first-order chi connectivity index (χ1) is 13.0. The van der Waals surface area contributed by atoms with Crippen molar-refractivity contribution in [1.82, 2.24) is 9.97 Å². The van der Waals surface area contributed by atoms with Crippen molar-refractivity contribution in [2.75, 3.05) is 5.32 Å². The van der Waals surface area contributed by atoms with Gasteiger partial charge in [-0.1, -0.05) is 48.6 Å². The van der Waals surface area contributed by atoms with E-state index in [9.17, 15) is 4.79 Å². The molecule has 1 amide bonds. The molecular formula is C21H19N3OS2. The standard InChI is InChI=1S/C21H19N3OS2/c1-4-14-6-8-15(9-7-14)20-22-13(3)18(27-20)19(25)24-21-23-16-10-5-12(2)11-17(16)26-21/h5-11H,4H2,1-3H3,(H,23,24,25). The number of amides is 1. The van der Waals surface area contributed by atoms with Crippen LogP contribution in [0.15, 0.2) is 42.5 Å². The van der Waals surface area contributed by atoms with Crippen LogP contribution in [0.25, 0.3) is 20.8 Å². The molecule has 0 aliphatic carbocycles. The Bertz CT molecular complexity index is 1130. The third kappa shape index (κ3) is 3.63. The van der Waals surface area contributed by atoms with Crippen LogP contribution in [-0.4, -0.2) is 15.9 Å². The monoisotopic (exact) mass is 393 g/mol. The van der Waals surface area contributed by atoms with E-state index in [1.165, 1.54) is 33.8 Å². The molecule has 0 aliphatic heterocycles. The fourth-order valence-electron chi connectivity index (χ4n) is 2.85. The summed E-state index contributed by atoms with van der Waals surface area (Å²) in [6.45, 7) is 6.05. The third-order valence-corrected chi connectivity index (χ3v) is 6.52. The number of thiazole rings is 2. The van der Waals surface area contributed by atoms with E-state index >= 15 is 0 Å². The van der Waals surface area contributed by atoms with Gasteiger partial charge in [0.05, 0.1) is 15.9 Å². The second kappa shape index (κ2) is 7.21. The Balaban J connectivity index is 1.58. The molecule has 1 N–H and O–H groups in total. The smallest absolute Gasteiger partial charge is 0.269 e. The SMILES string of the molecule is CCc1ccc(-c2nc(C)c(C(=O)Nc3nc4ccc(C)cc4s3)s2)cc1. The first-order valence-corrected chi connectivity index (χ1v) is 10.4. The first-order valence-electron chi connectivity index (χ1n) is 8.79. The van der Waals surface area contributed by atoms with Gasteiger partial charge in [0, 0.05) is 5.56 Å².